The summed E-state index contributed by atoms with van der Waals surface area (Å²) < 4.78 is 5.97. The highest BCUT2D eigenvalue weighted by atomic mass is 32.1. The van der Waals surface area contributed by atoms with Crippen LogP contribution in [-0.4, -0.2) is 11.0 Å². The van der Waals surface area contributed by atoms with Crippen molar-refractivity contribution in [3.63, 3.8) is 0 Å². The van der Waals surface area contributed by atoms with Gasteiger partial charge in [-0.25, -0.2) is 4.98 Å². The van der Waals surface area contributed by atoms with E-state index in [4.69, 9.17) is 4.74 Å². The molecule has 1 saturated carbocycles. The SMILES string of the molecule is CCCc1nc(COc2ccccc2CNC2CC2)cs1. The van der Waals surface area contributed by atoms with E-state index in [-0.39, 0.29) is 0 Å². The number of hydrogen-bond donors (Lipinski definition) is 1. The Hall–Kier alpha value is -1.39. The number of aromatic nitrogens is 1. The number of ether oxygens (including phenoxy) is 1. The highest BCUT2D eigenvalue weighted by Gasteiger charge is 2.20. The molecule has 4 heteroatoms. The van der Waals surface area contributed by atoms with Gasteiger partial charge in [-0.2, -0.15) is 0 Å². The Kier molecular flexibility index (Phi) is 4.88. The third kappa shape index (κ3) is 4.29. The Morgan fingerprint density at radius 3 is 3.00 bits per heavy atom. The lowest BCUT2D eigenvalue weighted by Gasteiger charge is -2.11. The molecule has 0 radical (unpaired) electrons. The standard InChI is InChI=1S/C17H22N2OS/c1-2-5-17-19-15(12-21-17)11-20-16-7-4-3-6-13(16)10-18-14-8-9-14/h3-4,6-7,12,14,18H,2,5,8-11H2,1H3. The zero-order chi connectivity index (χ0) is 14.5. The summed E-state index contributed by atoms with van der Waals surface area (Å²) in [5.74, 6) is 0.968. The second-order valence-corrected chi connectivity index (χ2v) is 6.48. The molecule has 1 fully saturated rings. The van der Waals surface area contributed by atoms with Gasteiger partial charge in [-0.15, -0.1) is 11.3 Å². The van der Waals surface area contributed by atoms with Gasteiger partial charge in [-0.3, -0.25) is 0 Å². The van der Waals surface area contributed by atoms with E-state index in [1.54, 1.807) is 11.3 Å². The van der Waals surface area contributed by atoms with E-state index in [0.29, 0.717) is 12.6 Å². The number of para-hydroxylation sites is 1. The minimum absolute atomic E-state index is 0.556. The first-order chi connectivity index (χ1) is 10.3. The van der Waals surface area contributed by atoms with Crippen molar-refractivity contribution in [2.45, 2.75) is 51.8 Å². The smallest absolute Gasteiger partial charge is 0.131 e. The topological polar surface area (TPSA) is 34.1 Å². The van der Waals surface area contributed by atoms with Crippen molar-refractivity contribution < 1.29 is 4.74 Å². The van der Waals surface area contributed by atoms with E-state index in [9.17, 15) is 0 Å². The maximum Gasteiger partial charge on any atom is 0.131 e. The predicted octanol–water partition coefficient (Wildman–Crippen LogP) is 3.93. The number of nitrogens with one attached hydrogen (secondary N) is 1. The molecule has 0 atom stereocenters. The molecule has 0 bridgehead atoms. The summed E-state index contributed by atoms with van der Waals surface area (Å²) in [6, 6.07) is 8.99. The number of aryl methyl sites for hydroxylation is 1. The fourth-order valence-electron chi connectivity index (χ4n) is 2.23. The molecule has 1 N–H and O–H groups in total. The van der Waals surface area contributed by atoms with Crippen LogP contribution in [0, 0.1) is 0 Å². The Balaban J connectivity index is 1.58. The quantitative estimate of drug-likeness (QED) is 0.802. The number of nitrogens with zero attached hydrogens (tertiary/aromatic N) is 1. The molecule has 21 heavy (non-hydrogen) atoms. The van der Waals surface area contributed by atoms with Crippen LogP contribution >= 0.6 is 11.3 Å². The van der Waals surface area contributed by atoms with Crippen LogP contribution in [0.1, 0.15) is 42.5 Å². The Morgan fingerprint density at radius 2 is 2.19 bits per heavy atom. The lowest BCUT2D eigenvalue weighted by Crippen LogP contribution is -2.16. The second kappa shape index (κ2) is 7.05. The largest absolute Gasteiger partial charge is 0.487 e. The molecule has 3 rings (SSSR count). The van der Waals surface area contributed by atoms with Crippen LogP contribution < -0.4 is 10.1 Å². The first-order valence-corrected chi connectivity index (χ1v) is 8.60. The Labute approximate surface area is 130 Å². The van der Waals surface area contributed by atoms with Crippen molar-refractivity contribution in [2.24, 2.45) is 0 Å². The first kappa shape index (κ1) is 14.5. The molecule has 3 nitrogen and oxygen atoms in total. The third-order valence-electron chi connectivity index (χ3n) is 3.57. The van der Waals surface area contributed by atoms with Gasteiger partial charge in [0.1, 0.15) is 12.4 Å². The lowest BCUT2D eigenvalue weighted by atomic mass is 10.2. The van der Waals surface area contributed by atoms with Crippen molar-refractivity contribution >= 4 is 11.3 Å². The van der Waals surface area contributed by atoms with E-state index >= 15 is 0 Å². The molecule has 0 aliphatic heterocycles. The van der Waals surface area contributed by atoms with E-state index in [1.807, 2.05) is 12.1 Å². The normalized spacial score (nSPS) is 14.3. The van der Waals surface area contributed by atoms with E-state index in [2.05, 4.69) is 34.7 Å². The van der Waals surface area contributed by atoms with Crippen LogP contribution in [0.3, 0.4) is 0 Å². The third-order valence-corrected chi connectivity index (χ3v) is 4.53. The van der Waals surface area contributed by atoms with Gasteiger partial charge in [0.15, 0.2) is 0 Å². The molecule has 0 unspecified atom stereocenters. The van der Waals surface area contributed by atoms with Crippen LogP contribution in [0.15, 0.2) is 29.6 Å². The van der Waals surface area contributed by atoms with E-state index < -0.39 is 0 Å². The average molecular weight is 302 g/mol. The van der Waals surface area contributed by atoms with Crippen LogP contribution in [0.5, 0.6) is 5.75 Å². The summed E-state index contributed by atoms with van der Waals surface area (Å²) in [4.78, 5) is 4.61. The first-order valence-electron chi connectivity index (χ1n) is 7.72. The molecule has 0 amide bonds. The van der Waals surface area contributed by atoms with Crippen molar-refractivity contribution in [3.05, 3.63) is 45.9 Å². The van der Waals surface area contributed by atoms with Crippen LogP contribution in [0.2, 0.25) is 0 Å². The van der Waals surface area contributed by atoms with Crippen molar-refractivity contribution in [3.8, 4) is 5.75 Å². The van der Waals surface area contributed by atoms with Crippen LogP contribution in [-0.2, 0) is 19.6 Å². The maximum absolute atomic E-state index is 5.97. The lowest BCUT2D eigenvalue weighted by molar-refractivity contribution is 0.298. The molecular formula is C17H22N2OS. The number of thiazole rings is 1. The molecular weight excluding hydrogens is 280 g/mol. The molecule has 1 aliphatic carbocycles. The molecule has 2 aromatic rings. The minimum Gasteiger partial charge on any atom is -0.487 e. The van der Waals surface area contributed by atoms with Crippen LogP contribution in [0.4, 0.5) is 0 Å². The highest BCUT2D eigenvalue weighted by molar-refractivity contribution is 7.09. The summed E-state index contributed by atoms with van der Waals surface area (Å²) in [5, 5.41) is 6.85. The van der Waals surface area contributed by atoms with Gasteiger partial charge in [-0.05, 0) is 31.7 Å². The van der Waals surface area contributed by atoms with Gasteiger partial charge in [-0.1, -0.05) is 25.1 Å². The summed E-state index contributed by atoms with van der Waals surface area (Å²) in [6.07, 6.45) is 4.82. The number of rotatable bonds is 8. The zero-order valence-corrected chi connectivity index (χ0v) is 13.3. The average Bonchev–Trinajstić information content (AvgIpc) is 3.23. The molecule has 1 aromatic carbocycles. The summed E-state index contributed by atoms with van der Waals surface area (Å²) in [5.41, 5.74) is 2.27. The van der Waals surface area contributed by atoms with E-state index in [1.165, 1.54) is 23.4 Å². The predicted molar refractivity (Wildman–Crippen MR) is 86.7 cm³/mol. The van der Waals surface area contributed by atoms with Gasteiger partial charge in [0.05, 0.1) is 10.7 Å². The van der Waals surface area contributed by atoms with Crippen molar-refractivity contribution in [1.29, 1.82) is 0 Å². The molecule has 1 aromatic heterocycles. The van der Waals surface area contributed by atoms with Crippen LogP contribution in [0.25, 0.3) is 0 Å². The molecule has 1 aliphatic rings. The fraction of sp³-hybridized carbons (Fsp3) is 0.471. The summed E-state index contributed by atoms with van der Waals surface area (Å²) in [7, 11) is 0. The molecule has 1 heterocycles. The molecule has 0 saturated heterocycles. The van der Waals surface area contributed by atoms with E-state index in [0.717, 1.165) is 30.8 Å². The zero-order valence-electron chi connectivity index (χ0n) is 12.5. The Bertz CT molecular complexity index is 578. The van der Waals surface area contributed by atoms with Crippen molar-refractivity contribution in [2.75, 3.05) is 0 Å². The van der Waals surface area contributed by atoms with Gasteiger partial charge in [0.25, 0.3) is 0 Å². The highest BCUT2D eigenvalue weighted by Crippen LogP contribution is 2.23. The van der Waals surface area contributed by atoms with Gasteiger partial charge in [0.2, 0.25) is 0 Å². The minimum atomic E-state index is 0.556. The second-order valence-electron chi connectivity index (χ2n) is 5.53. The number of hydrogen-bond acceptors (Lipinski definition) is 4. The number of benzene rings is 1. The molecule has 0 spiro atoms. The Morgan fingerprint density at radius 1 is 1.33 bits per heavy atom. The van der Waals surface area contributed by atoms with Crippen molar-refractivity contribution in [1.82, 2.24) is 10.3 Å². The summed E-state index contributed by atoms with van der Waals surface area (Å²) in [6.45, 7) is 3.63. The van der Waals surface area contributed by atoms with Gasteiger partial charge in [0, 0.05) is 23.5 Å². The van der Waals surface area contributed by atoms with Gasteiger partial charge >= 0.3 is 0 Å². The summed E-state index contributed by atoms with van der Waals surface area (Å²) >= 11 is 1.73. The fourth-order valence-corrected chi connectivity index (χ4v) is 3.11. The monoisotopic (exact) mass is 302 g/mol. The molecule has 112 valence electrons. The van der Waals surface area contributed by atoms with Gasteiger partial charge < -0.3 is 10.1 Å². The maximum atomic E-state index is 5.97.